The molecular formula is C35H35ClN2O6S. The van der Waals surface area contributed by atoms with Crippen LogP contribution in [0.15, 0.2) is 87.8 Å². The van der Waals surface area contributed by atoms with Crippen molar-refractivity contribution in [2.75, 3.05) is 13.2 Å². The van der Waals surface area contributed by atoms with Crippen LogP contribution in [0.5, 0.6) is 17.2 Å². The first-order valence-corrected chi connectivity index (χ1v) is 16.0. The number of rotatable bonds is 11. The lowest BCUT2D eigenvalue weighted by Gasteiger charge is -2.26. The summed E-state index contributed by atoms with van der Waals surface area (Å²) < 4.78 is 25.5. The molecule has 0 radical (unpaired) electrons. The summed E-state index contributed by atoms with van der Waals surface area (Å²) in [5, 5.41) is 0.356. The largest absolute Gasteiger partial charge is 0.491 e. The maximum Gasteiger partial charge on any atom is 0.338 e. The molecule has 0 bridgehead atoms. The number of allylic oxidation sites excluding steroid dienone is 1. The summed E-state index contributed by atoms with van der Waals surface area (Å²) in [6.07, 6.45) is 1.62. The van der Waals surface area contributed by atoms with Gasteiger partial charge in [-0.1, -0.05) is 71.5 Å². The zero-order valence-electron chi connectivity index (χ0n) is 25.8. The Morgan fingerprint density at radius 3 is 2.47 bits per heavy atom. The van der Waals surface area contributed by atoms with Gasteiger partial charge in [0.15, 0.2) is 16.3 Å². The number of hydrogen-bond donors (Lipinski definition) is 0. The highest BCUT2D eigenvalue weighted by Gasteiger charge is 2.35. The molecule has 8 nitrogen and oxygen atoms in total. The summed E-state index contributed by atoms with van der Waals surface area (Å²) in [6.45, 7) is 10.1. The molecule has 45 heavy (non-hydrogen) atoms. The number of carbonyl (C=O) groups is 1. The van der Waals surface area contributed by atoms with E-state index >= 15 is 0 Å². The van der Waals surface area contributed by atoms with Gasteiger partial charge in [-0.3, -0.25) is 9.36 Å². The van der Waals surface area contributed by atoms with Crippen LogP contribution < -0.4 is 29.1 Å². The lowest BCUT2D eigenvalue weighted by molar-refractivity contribution is -0.139. The molecular weight excluding hydrogens is 612 g/mol. The number of carbonyl (C=O) groups excluding carboxylic acids is 1. The Labute approximate surface area is 270 Å². The Balaban J connectivity index is 1.62. The smallest absolute Gasteiger partial charge is 0.338 e. The highest BCUT2D eigenvalue weighted by Crippen LogP contribution is 2.38. The Kier molecular flexibility index (Phi) is 10.1. The highest BCUT2D eigenvalue weighted by atomic mass is 35.5. The van der Waals surface area contributed by atoms with E-state index in [0.29, 0.717) is 61.6 Å². The molecule has 5 rings (SSSR count). The fraction of sp³-hybridized carbons (Fsp3) is 0.286. The molecule has 0 fully saturated rings. The molecule has 1 aromatic heterocycles. The van der Waals surface area contributed by atoms with Crippen molar-refractivity contribution in [3.8, 4) is 17.2 Å². The van der Waals surface area contributed by atoms with Crippen LogP contribution >= 0.6 is 22.9 Å². The van der Waals surface area contributed by atoms with Crippen LogP contribution in [0.1, 0.15) is 57.4 Å². The van der Waals surface area contributed by atoms with Crippen molar-refractivity contribution in [2.24, 2.45) is 4.99 Å². The van der Waals surface area contributed by atoms with Crippen molar-refractivity contribution >= 4 is 35.0 Å². The van der Waals surface area contributed by atoms with Gasteiger partial charge in [0, 0.05) is 5.56 Å². The standard InChI is InChI=1S/C35H35ClN2O6S/c1-6-41-28-18-24(17-26(36)32(28)43-20-23-13-9-8-10-14-23)19-29-33(39)38-31(25-15-11-12-16-27(25)44-21(3)4)30(34(40)42-7-2)22(5)37-35(38)45-29/h8-19,21,31H,6-7,20H2,1-5H3/b29-19+/t31-/m1/s1. The molecule has 2 heterocycles. The molecule has 3 aromatic carbocycles. The molecule has 0 saturated heterocycles. The SMILES string of the molecule is CCOC(=O)C1=C(C)N=c2s/c(=C/c3cc(Cl)c(OCc4ccccc4)c(OCC)c3)c(=O)n2[C@@H]1c1ccccc1OC(C)C. The number of fused-ring (bicyclic) bond motifs is 1. The summed E-state index contributed by atoms with van der Waals surface area (Å²) in [6, 6.07) is 19.9. The number of esters is 1. The minimum atomic E-state index is -0.797. The summed E-state index contributed by atoms with van der Waals surface area (Å²) in [4.78, 5) is 32.6. The molecule has 10 heteroatoms. The second-order valence-electron chi connectivity index (χ2n) is 10.5. The van der Waals surface area contributed by atoms with Gasteiger partial charge in [-0.25, -0.2) is 9.79 Å². The molecule has 0 spiro atoms. The van der Waals surface area contributed by atoms with Crippen LogP contribution in [0, 0.1) is 0 Å². The van der Waals surface area contributed by atoms with Crippen molar-refractivity contribution in [3.05, 3.63) is 119 Å². The average Bonchev–Trinajstić information content (AvgIpc) is 3.30. The van der Waals surface area contributed by atoms with Gasteiger partial charge in [0.2, 0.25) is 0 Å². The van der Waals surface area contributed by atoms with E-state index in [1.165, 1.54) is 11.3 Å². The van der Waals surface area contributed by atoms with Crippen molar-refractivity contribution in [1.29, 1.82) is 0 Å². The molecule has 0 N–H and O–H groups in total. The number of para-hydroxylation sites is 1. The lowest BCUT2D eigenvalue weighted by atomic mass is 9.95. The molecule has 4 aromatic rings. The van der Waals surface area contributed by atoms with Gasteiger partial charge in [-0.15, -0.1) is 0 Å². The third-order valence-electron chi connectivity index (χ3n) is 6.95. The number of aromatic nitrogens is 1. The first kappa shape index (κ1) is 32.1. The molecule has 0 aliphatic carbocycles. The van der Waals surface area contributed by atoms with Crippen LogP contribution in [-0.2, 0) is 16.1 Å². The van der Waals surface area contributed by atoms with Crippen LogP contribution in [0.3, 0.4) is 0 Å². The Morgan fingerprint density at radius 2 is 1.76 bits per heavy atom. The summed E-state index contributed by atoms with van der Waals surface area (Å²) in [5.41, 5.74) is 2.77. The summed E-state index contributed by atoms with van der Waals surface area (Å²) in [5.74, 6) is 0.940. The second-order valence-corrected chi connectivity index (χ2v) is 12.0. The van der Waals surface area contributed by atoms with E-state index in [2.05, 4.69) is 4.99 Å². The van der Waals surface area contributed by atoms with E-state index in [1.54, 1.807) is 36.6 Å². The maximum absolute atomic E-state index is 14.2. The van der Waals surface area contributed by atoms with Crippen LogP contribution in [-0.4, -0.2) is 29.9 Å². The first-order chi connectivity index (χ1) is 21.7. The third-order valence-corrected chi connectivity index (χ3v) is 8.21. The molecule has 1 aliphatic rings. The predicted molar refractivity (Wildman–Crippen MR) is 176 cm³/mol. The molecule has 0 saturated carbocycles. The fourth-order valence-electron chi connectivity index (χ4n) is 5.11. The van der Waals surface area contributed by atoms with E-state index < -0.39 is 12.0 Å². The van der Waals surface area contributed by atoms with Crippen LogP contribution in [0.2, 0.25) is 5.02 Å². The minimum Gasteiger partial charge on any atom is -0.491 e. The minimum absolute atomic E-state index is 0.123. The second kappa shape index (κ2) is 14.2. The number of thiazole rings is 1. The highest BCUT2D eigenvalue weighted by molar-refractivity contribution is 7.07. The van der Waals surface area contributed by atoms with Gasteiger partial charge < -0.3 is 18.9 Å². The first-order valence-electron chi connectivity index (χ1n) is 14.8. The molecule has 1 atom stereocenters. The molecule has 1 aliphatic heterocycles. The zero-order chi connectivity index (χ0) is 32.1. The van der Waals surface area contributed by atoms with Gasteiger partial charge in [0.05, 0.1) is 40.1 Å². The van der Waals surface area contributed by atoms with Crippen molar-refractivity contribution in [2.45, 2.75) is 53.4 Å². The molecule has 0 unspecified atom stereocenters. The van der Waals surface area contributed by atoms with Gasteiger partial charge in [-0.05, 0) is 70.0 Å². The van der Waals surface area contributed by atoms with E-state index in [1.807, 2.05) is 75.4 Å². The topological polar surface area (TPSA) is 88.4 Å². The summed E-state index contributed by atoms with van der Waals surface area (Å²) in [7, 11) is 0. The van der Waals surface area contributed by atoms with E-state index in [-0.39, 0.29) is 23.8 Å². The quantitative estimate of drug-likeness (QED) is 0.180. The normalized spacial score (nSPS) is 14.6. The average molecular weight is 647 g/mol. The third kappa shape index (κ3) is 7.00. The van der Waals surface area contributed by atoms with Crippen molar-refractivity contribution in [3.63, 3.8) is 0 Å². The van der Waals surface area contributed by atoms with E-state index in [0.717, 1.165) is 5.56 Å². The van der Waals surface area contributed by atoms with E-state index in [4.69, 9.17) is 30.5 Å². The Morgan fingerprint density at radius 1 is 1.02 bits per heavy atom. The number of hydrogen-bond acceptors (Lipinski definition) is 8. The van der Waals surface area contributed by atoms with Crippen LogP contribution in [0.4, 0.5) is 0 Å². The molecule has 0 amide bonds. The molecule has 234 valence electrons. The predicted octanol–water partition coefficient (Wildman–Crippen LogP) is 6.22. The van der Waals surface area contributed by atoms with E-state index in [9.17, 15) is 9.59 Å². The summed E-state index contributed by atoms with van der Waals surface area (Å²) >= 11 is 7.94. The lowest BCUT2D eigenvalue weighted by Crippen LogP contribution is -2.40. The van der Waals surface area contributed by atoms with Crippen LogP contribution in [0.25, 0.3) is 6.08 Å². The van der Waals surface area contributed by atoms with Crippen molar-refractivity contribution < 1.29 is 23.7 Å². The number of halogens is 1. The number of ether oxygens (including phenoxy) is 4. The number of nitrogens with zero attached hydrogens (tertiary/aromatic N) is 2. The number of benzene rings is 3. The van der Waals surface area contributed by atoms with Crippen molar-refractivity contribution in [1.82, 2.24) is 4.57 Å². The maximum atomic E-state index is 14.2. The Bertz CT molecular complexity index is 1910. The van der Waals surface area contributed by atoms with Gasteiger partial charge >= 0.3 is 5.97 Å². The van der Waals surface area contributed by atoms with Gasteiger partial charge in [0.1, 0.15) is 18.4 Å². The fourth-order valence-corrected chi connectivity index (χ4v) is 6.43. The van der Waals surface area contributed by atoms with Gasteiger partial charge in [0.25, 0.3) is 5.56 Å². The monoisotopic (exact) mass is 646 g/mol. The Hall–Kier alpha value is -4.34. The van der Waals surface area contributed by atoms with Gasteiger partial charge in [-0.2, -0.15) is 0 Å². The zero-order valence-corrected chi connectivity index (χ0v) is 27.4.